The fraction of sp³-hybridized carbons (Fsp3) is 0.500. The Labute approximate surface area is 125 Å². The van der Waals surface area contributed by atoms with Gasteiger partial charge in [-0.05, 0) is 36.8 Å². The minimum atomic E-state index is -0.612. The van der Waals surface area contributed by atoms with Crippen LogP contribution in [0.25, 0.3) is 0 Å². The standard InChI is InChI=1S/C16H22N2OS/c1-3-20-10-9-13(2)18-16(19)15(12-17)11-14-7-5-4-6-8-14/h4-8,13,15H,3,9-11H2,1-2H3,(H,18,19). The molecule has 0 spiro atoms. The van der Waals surface area contributed by atoms with Gasteiger partial charge in [-0.3, -0.25) is 4.79 Å². The molecule has 1 amide bonds. The first-order valence-electron chi connectivity index (χ1n) is 6.99. The van der Waals surface area contributed by atoms with Crippen molar-refractivity contribution < 1.29 is 4.79 Å². The van der Waals surface area contributed by atoms with E-state index < -0.39 is 5.92 Å². The molecule has 1 aromatic rings. The third-order valence-electron chi connectivity index (χ3n) is 3.04. The van der Waals surface area contributed by atoms with Crippen LogP contribution in [-0.4, -0.2) is 23.5 Å². The van der Waals surface area contributed by atoms with Gasteiger partial charge in [-0.25, -0.2) is 0 Å². The number of nitrogens with zero attached hydrogens (tertiary/aromatic N) is 1. The van der Waals surface area contributed by atoms with Crippen molar-refractivity contribution in [3.05, 3.63) is 35.9 Å². The highest BCUT2D eigenvalue weighted by Gasteiger charge is 2.19. The molecule has 0 fully saturated rings. The molecular formula is C16H22N2OS. The lowest BCUT2D eigenvalue weighted by Gasteiger charge is -2.16. The molecule has 0 saturated carbocycles. The lowest BCUT2D eigenvalue weighted by Crippen LogP contribution is -2.37. The van der Waals surface area contributed by atoms with Gasteiger partial charge in [-0.15, -0.1) is 0 Å². The summed E-state index contributed by atoms with van der Waals surface area (Å²) in [5.74, 6) is 1.35. The molecule has 3 nitrogen and oxygen atoms in total. The molecule has 1 N–H and O–H groups in total. The molecule has 4 heteroatoms. The number of nitriles is 1. The van der Waals surface area contributed by atoms with Gasteiger partial charge in [0, 0.05) is 6.04 Å². The minimum Gasteiger partial charge on any atom is -0.352 e. The van der Waals surface area contributed by atoms with E-state index >= 15 is 0 Å². The van der Waals surface area contributed by atoms with Crippen LogP contribution in [-0.2, 0) is 11.2 Å². The number of hydrogen-bond donors (Lipinski definition) is 1. The van der Waals surface area contributed by atoms with E-state index in [1.807, 2.05) is 49.0 Å². The summed E-state index contributed by atoms with van der Waals surface area (Å²) in [4.78, 5) is 12.1. The van der Waals surface area contributed by atoms with Crippen molar-refractivity contribution in [2.45, 2.75) is 32.7 Å². The van der Waals surface area contributed by atoms with Crippen molar-refractivity contribution in [1.82, 2.24) is 5.32 Å². The van der Waals surface area contributed by atoms with Crippen molar-refractivity contribution in [2.75, 3.05) is 11.5 Å². The first-order chi connectivity index (χ1) is 9.67. The van der Waals surface area contributed by atoms with Crippen LogP contribution in [0.1, 0.15) is 25.8 Å². The maximum Gasteiger partial charge on any atom is 0.237 e. The van der Waals surface area contributed by atoms with Crippen molar-refractivity contribution >= 4 is 17.7 Å². The Bertz CT molecular complexity index is 442. The number of carbonyl (C=O) groups excluding carboxylic acids is 1. The molecule has 0 bridgehead atoms. The first-order valence-corrected chi connectivity index (χ1v) is 8.14. The molecule has 20 heavy (non-hydrogen) atoms. The SMILES string of the molecule is CCSCCC(C)NC(=O)C(C#N)Cc1ccccc1. The molecule has 0 saturated heterocycles. The van der Waals surface area contributed by atoms with E-state index in [-0.39, 0.29) is 11.9 Å². The fourth-order valence-electron chi connectivity index (χ4n) is 1.87. The zero-order valence-corrected chi connectivity index (χ0v) is 13.0. The quantitative estimate of drug-likeness (QED) is 0.749. The molecular weight excluding hydrogens is 268 g/mol. The van der Waals surface area contributed by atoms with Gasteiger partial charge in [0.15, 0.2) is 0 Å². The number of amides is 1. The maximum atomic E-state index is 12.1. The number of carbonyl (C=O) groups is 1. The number of hydrogen-bond acceptors (Lipinski definition) is 3. The van der Waals surface area contributed by atoms with Crippen LogP contribution in [0.2, 0.25) is 0 Å². The molecule has 0 heterocycles. The smallest absolute Gasteiger partial charge is 0.237 e. The second-order valence-electron chi connectivity index (χ2n) is 4.77. The van der Waals surface area contributed by atoms with Crippen LogP contribution in [0.15, 0.2) is 30.3 Å². The average Bonchev–Trinajstić information content (AvgIpc) is 2.46. The predicted molar refractivity (Wildman–Crippen MR) is 84.5 cm³/mol. The van der Waals surface area contributed by atoms with Gasteiger partial charge in [0.1, 0.15) is 5.92 Å². The van der Waals surface area contributed by atoms with Crippen LogP contribution in [0, 0.1) is 17.2 Å². The van der Waals surface area contributed by atoms with Crippen LogP contribution in [0.5, 0.6) is 0 Å². The molecule has 2 unspecified atom stereocenters. The molecule has 1 rings (SSSR count). The van der Waals surface area contributed by atoms with Gasteiger partial charge in [0.2, 0.25) is 5.91 Å². The molecule has 0 aliphatic heterocycles. The van der Waals surface area contributed by atoms with E-state index in [4.69, 9.17) is 5.26 Å². The van der Waals surface area contributed by atoms with E-state index in [0.29, 0.717) is 6.42 Å². The molecule has 0 aliphatic carbocycles. The highest BCUT2D eigenvalue weighted by atomic mass is 32.2. The van der Waals surface area contributed by atoms with E-state index in [9.17, 15) is 4.79 Å². The van der Waals surface area contributed by atoms with Gasteiger partial charge < -0.3 is 5.32 Å². The average molecular weight is 290 g/mol. The Morgan fingerprint density at radius 3 is 2.70 bits per heavy atom. The molecule has 108 valence electrons. The Morgan fingerprint density at radius 2 is 2.10 bits per heavy atom. The second-order valence-corrected chi connectivity index (χ2v) is 6.16. The minimum absolute atomic E-state index is 0.119. The summed E-state index contributed by atoms with van der Waals surface area (Å²) < 4.78 is 0. The van der Waals surface area contributed by atoms with Gasteiger partial charge in [0.25, 0.3) is 0 Å². The lowest BCUT2D eigenvalue weighted by atomic mass is 9.99. The van der Waals surface area contributed by atoms with E-state index in [2.05, 4.69) is 18.3 Å². The molecule has 0 radical (unpaired) electrons. The lowest BCUT2D eigenvalue weighted by molar-refractivity contribution is -0.124. The summed E-state index contributed by atoms with van der Waals surface area (Å²) >= 11 is 1.86. The number of benzene rings is 1. The largest absolute Gasteiger partial charge is 0.352 e. The molecule has 0 aromatic heterocycles. The van der Waals surface area contributed by atoms with Gasteiger partial charge in [-0.2, -0.15) is 17.0 Å². The van der Waals surface area contributed by atoms with Gasteiger partial charge in [-0.1, -0.05) is 37.3 Å². The van der Waals surface area contributed by atoms with Crippen LogP contribution >= 0.6 is 11.8 Å². The molecule has 1 aromatic carbocycles. The summed E-state index contributed by atoms with van der Waals surface area (Å²) in [7, 11) is 0. The Kier molecular flexibility index (Phi) is 7.82. The highest BCUT2D eigenvalue weighted by Crippen LogP contribution is 2.10. The first kappa shape index (κ1) is 16.6. The zero-order valence-electron chi connectivity index (χ0n) is 12.1. The Morgan fingerprint density at radius 1 is 1.40 bits per heavy atom. The number of rotatable bonds is 8. The fourth-order valence-corrected chi connectivity index (χ4v) is 2.68. The monoisotopic (exact) mass is 290 g/mol. The molecule has 0 aliphatic rings. The third-order valence-corrected chi connectivity index (χ3v) is 3.98. The highest BCUT2D eigenvalue weighted by molar-refractivity contribution is 7.99. The topological polar surface area (TPSA) is 52.9 Å². The Hall–Kier alpha value is -1.47. The van der Waals surface area contributed by atoms with Crippen molar-refractivity contribution in [3.8, 4) is 6.07 Å². The predicted octanol–water partition coefficient (Wildman–Crippen LogP) is 3.02. The number of thioether (sulfide) groups is 1. The Balaban J connectivity index is 2.45. The number of nitrogens with one attached hydrogen (secondary N) is 1. The van der Waals surface area contributed by atoms with Crippen LogP contribution < -0.4 is 5.32 Å². The molecule has 2 atom stereocenters. The normalized spacial score (nSPS) is 13.2. The van der Waals surface area contributed by atoms with E-state index in [1.165, 1.54) is 0 Å². The summed E-state index contributed by atoms with van der Waals surface area (Å²) in [6.07, 6.45) is 1.41. The van der Waals surface area contributed by atoms with Crippen molar-refractivity contribution in [2.24, 2.45) is 5.92 Å². The van der Waals surface area contributed by atoms with E-state index in [1.54, 1.807) is 0 Å². The third kappa shape index (κ3) is 6.12. The summed E-state index contributed by atoms with van der Waals surface area (Å²) in [6.45, 7) is 4.12. The van der Waals surface area contributed by atoms with Crippen molar-refractivity contribution in [3.63, 3.8) is 0 Å². The summed E-state index contributed by atoms with van der Waals surface area (Å²) in [5.41, 5.74) is 1.02. The van der Waals surface area contributed by atoms with Gasteiger partial charge >= 0.3 is 0 Å². The summed E-state index contributed by atoms with van der Waals surface area (Å²) in [6, 6.07) is 11.9. The van der Waals surface area contributed by atoms with Crippen molar-refractivity contribution in [1.29, 1.82) is 5.26 Å². The zero-order chi connectivity index (χ0) is 14.8. The summed E-state index contributed by atoms with van der Waals surface area (Å²) in [5, 5.41) is 12.1. The van der Waals surface area contributed by atoms with E-state index in [0.717, 1.165) is 23.5 Å². The van der Waals surface area contributed by atoms with Crippen LogP contribution in [0.4, 0.5) is 0 Å². The van der Waals surface area contributed by atoms with Crippen LogP contribution in [0.3, 0.4) is 0 Å². The van der Waals surface area contributed by atoms with Gasteiger partial charge in [0.05, 0.1) is 6.07 Å². The maximum absolute atomic E-state index is 12.1. The second kappa shape index (κ2) is 9.44.